The van der Waals surface area contributed by atoms with Crippen LogP contribution in [0.15, 0.2) is 0 Å². The van der Waals surface area contributed by atoms with E-state index < -0.39 is 15.8 Å². The molecule has 0 aromatic rings. The molecule has 106 valence electrons. The molecule has 0 unspecified atom stereocenters. The van der Waals surface area contributed by atoms with Crippen LogP contribution in [-0.4, -0.2) is 39.2 Å². The van der Waals surface area contributed by atoms with Crippen molar-refractivity contribution in [3.05, 3.63) is 0 Å². The summed E-state index contributed by atoms with van der Waals surface area (Å²) >= 11 is 0. The molecule has 1 aliphatic heterocycles. The number of hydrogen-bond acceptors (Lipinski definition) is 4. The Morgan fingerprint density at radius 2 is 2.00 bits per heavy atom. The normalized spacial score (nSPS) is 27.7. The van der Waals surface area contributed by atoms with E-state index in [1.165, 1.54) is 6.42 Å². The van der Waals surface area contributed by atoms with Crippen LogP contribution in [-0.2, 0) is 19.5 Å². The van der Waals surface area contributed by atoms with Gasteiger partial charge >= 0.3 is 0 Å². The maximum Gasteiger partial charge on any atom is 0.211 e. The third kappa shape index (κ3) is 3.66. The lowest BCUT2D eigenvalue weighted by atomic mass is 9.94. The fourth-order valence-corrected chi connectivity index (χ4v) is 3.75. The zero-order valence-corrected chi connectivity index (χ0v) is 11.8. The molecule has 1 heterocycles. The molecule has 2 aliphatic rings. The average molecular weight is 277 g/mol. The van der Waals surface area contributed by atoms with Gasteiger partial charge in [0.1, 0.15) is 0 Å². The van der Waals surface area contributed by atoms with E-state index in [0.717, 1.165) is 25.7 Å². The van der Waals surface area contributed by atoms with Crippen molar-refractivity contribution in [2.45, 2.75) is 57.3 Å². The summed E-state index contributed by atoms with van der Waals surface area (Å²) in [5.41, 5.74) is 0. The first kappa shape index (κ1) is 14.2. The quantitative estimate of drug-likeness (QED) is 0.825. The minimum atomic E-state index is -3.15. The lowest BCUT2D eigenvalue weighted by Gasteiger charge is -2.31. The van der Waals surface area contributed by atoms with E-state index in [0.29, 0.717) is 19.6 Å². The molecule has 1 aliphatic carbocycles. The summed E-state index contributed by atoms with van der Waals surface area (Å²) < 4.78 is 37.4. The first-order valence-corrected chi connectivity index (χ1v) is 8.50. The average Bonchev–Trinajstić information content (AvgIpc) is 2.71. The predicted molar refractivity (Wildman–Crippen MR) is 68.7 cm³/mol. The molecule has 5 nitrogen and oxygen atoms in total. The van der Waals surface area contributed by atoms with Crippen LogP contribution in [0.5, 0.6) is 0 Å². The molecule has 0 amide bonds. The van der Waals surface area contributed by atoms with Crippen molar-refractivity contribution >= 4 is 10.0 Å². The Kier molecular flexibility index (Phi) is 4.64. The third-order valence-electron chi connectivity index (χ3n) is 3.53. The highest BCUT2D eigenvalue weighted by molar-refractivity contribution is 7.89. The van der Waals surface area contributed by atoms with Gasteiger partial charge in [-0.15, -0.1) is 0 Å². The van der Waals surface area contributed by atoms with Crippen LogP contribution in [0, 0.1) is 0 Å². The van der Waals surface area contributed by atoms with E-state index >= 15 is 0 Å². The molecule has 0 aromatic carbocycles. The Labute approximate surface area is 109 Å². The molecule has 1 spiro atoms. The molecule has 1 N–H and O–H groups in total. The van der Waals surface area contributed by atoms with Gasteiger partial charge < -0.3 is 9.47 Å². The lowest BCUT2D eigenvalue weighted by Crippen LogP contribution is -2.37. The van der Waals surface area contributed by atoms with E-state index in [4.69, 9.17) is 9.47 Å². The second kappa shape index (κ2) is 5.86. The van der Waals surface area contributed by atoms with Gasteiger partial charge in [0.25, 0.3) is 0 Å². The third-order valence-corrected chi connectivity index (χ3v) is 5.09. The van der Waals surface area contributed by atoms with E-state index in [-0.39, 0.29) is 11.9 Å². The number of sulfonamides is 1. The Morgan fingerprint density at radius 1 is 1.28 bits per heavy atom. The van der Waals surface area contributed by atoms with Crippen molar-refractivity contribution in [2.75, 3.05) is 18.9 Å². The van der Waals surface area contributed by atoms with Gasteiger partial charge in [0.15, 0.2) is 5.79 Å². The fraction of sp³-hybridized carbons (Fsp3) is 1.00. The molecule has 6 heteroatoms. The smallest absolute Gasteiger partial charge is 0.211 e. The number of hydrogen-bond donors (Lipinski definition) is 1. The molecule has 1 saturated heterocycles. The zero-order valence-electron chi connectivity index (χ0n) is 11.0. The van der Waals surface area contributed by atoms with Gasteiger partial charge in [0.2, 0.25) is 10.0 Å². The number of nitrogens with one attached hydrogen (secondary N) is 1. The van der Waals surface area contributed by atoms with E-state index in [1.54, 1.807) is 0 Å². The van der Waals surface area contributed by atoms with Crippen LogP contribution in [0.3, 0.4) is 0 Å². The SMILES string of the molecule is CCCS(=O)(=O)NC[C@@H]1COC2(CCCCC2)O1. The van der Waals surface area contributed by atoms with E-state index in [1.807, 2.05) is 6.92 Å². The van der Waals surface area contributed by atoms with E-state index in [2.05, 4.69) is 4.72 Å². The number of ether oxygens (including phenoxy) is 2. The summed E-state index contributed by atoms with van der Waals surface area (Å²) in [6.45, 7) is 2.67. The van der Waals surface area contributed by atoms with Gasteiger partial charge in [-0.05, 0) is 19.3 Å². The molecule has 2 fully saturated rings. The minimum absolute atomic E-state index is 0.144. The maximum absolute atomic E-state index is 11.5. The summed E-state index contributed by atoms with van der Waals surface area (Å²) in [4.78, 5) is 0. The first-order chi connectivity index (χ1) is 8.55. The topological polar surface area (TPSA) is 64.6 Å². The molecule has 1 atom stereocenters. The van der Waals surface area contributed by atoms with Crippen molar-refractivity contribution in [3.8, 4) is 0 Å². The van der Waals surface area contributed by atoms with Crippen LogP contribution >= 0.6 is 0 Å². The highest BCUT2D eigenvalue weighted by Crippen LogP contribution is 2.37. The van der Waals surface area contributed by atoms with Crippen molar-refractivity contribution in [2.24, 2.45) is 0 Å². The molecular weight excluding hydrogens is 254 g/mol. The second-order valence-electron chi connectivity index (χ2n) is 5.19. The van der Waals surface area contributed by atoms with Crippen molar-refractivity contribution in [1.29, 1.82) is 0 Å². The van der Waals surface area contributed by atoms with Crippen LogP contribution < -0.4 is 4.72 Å². The molecule has 0 radical (unpaired) electrons. The standard InChI is InChI=1S/C12H23NO4S/c1-2-8-18(14,15)13-9-11-10-16-12(17-11)6-4-3-5-7-12/h11,13H,2-10H2,1H3/t11-/m1/s1. The highest BCUT2D eigenvalue weighted by atomic mass is 32.2. The first-order valence-electron chi connectivity index (χ1n) is 6.84. The maximum atomic E-state index is 11.5. The van der Waals surface area contributed by atoms with Crippen molar-refractivity contribution < 1.29 is 17.9 Å². The Morgan fingerprint density at radius 3 is 2.67 bits per heavy atom. The van der Waals surface area contributed by atoms with Crippen LogP contribution in [0.4, 0.5) is 0 Å². The van der Waals surface area contributed by atoms with E-state index in [9.17, 15) is 8.42 Å². The summed E-state index contributed by atoms with van der Waals surface area (Å²) in [7, 11) is -3.15. The molecule has 1 saturated carbocycles. The van der Waals surface area contributed by atoms with Gasteiger partial charge in [0.05, 0.1) is 18.5 Å². The summed E-state index contributed by atoms with van der Waals surface area (Å²) in [6, 6.07) is 0. The molecule has 18 heavy (non-hydrogen) atoms. The minimum Gasteiger partial charge on any atom is -0.347 e. The second-order valence-corrected chi connectivity index (χ2v) is 7.12. The molecule has 2 rings (SSSR count). The van der Waals surface area contributed by atoms with Gasteiger partial charge in [-0.2, -0.15) is 0 Å². The van der Waals surface area contributed by atoms with Crippen molar-refractivity contribution in [3.63, 3.8) is 0 Å². The van der Waals surface area contributed by atoms with Crippen molar-refractivity contribution in [1.82, 2.24) is 4.72 Å². The molecular formula is C12H23NO4S. The lowest BCUT2D eigenvalue weighted by molar-refractivity contribution is -0.186. The Bertz CT molecular complexity index is 362. The summed E-state index contributed by atoms with van der Waals surface area (Å²) in [5.74, 6) is -0.245. The fourth-order valence-electron chi connectivity index (χ4n) is 2.63. The van der Waals surface area contributed by atoms with Crippen LogP contribution in [0.2, 0.25) is 0 Å². The Hall–Kier alpha value is -0.170. The summed E-state index contributed by atoms with van der Waals surface area (Å²) in [6.07, 6.45) is 5.86. The molecule has 0 bridgehead atoms. The highest BCUT2D eigenvalue weighted by Gasteiger charge is 2.42. The Balaban J connectivity index is 1.79. The summed E-state index contributed by atoms with van der Waals surface area (Å²) in [5, 5.41) is 0. The predicted octanol–water partition coefficient (Wildman–Crippen LogP) is 1.39. The number of rotatable bonds is 5. The van der Waals surface area contributed by atoms with Crippen LogP contribution in [0.25, 0.3) is 0 Å². The van der Waals surface area contributed by atoms with Crippen LogP contribution in [0.1, 0.15) is 45.4 Å². The monoisotopic (exact) mass is 277 g/mol. The zero-order chi connectivity index (χ0) is 13.1. The molecule has 0 aromatic heterocycles. The van der Waals surface area contributed by atoms with Gasteiger partial charge in [-0.3, -0.25) is 0 Å². The van der Waals surface area contributed by atoms with Gasteiger partial charge in [0, 0.05) is 19.4 Å². The largest absolute Gasteiger partial charge is 0.347 e. The van der Waals surface area contributed by atoms with Gasteiger partial charge in [-0.1, -0.05) is 13.3 Å². The van der Waals surface area contributed by atoms with Gasteiger partial charge in [-0.25, -0.2) is 13.1 Å².